The fourth-order valence-corrected chi connectivity index (χ4v) is 3.04. The fraction of sp³-hybridized carbons (Fsp3) is 0.579. The zero-order valence-electron chi connectivity index (χ0n) is 15.6. The molecule has 0 aliphatic carbocycles. The molecule has 1 aliphatic heterocycles. The van der Waals surface area contributed by atoms with Crippen LogP contribution in [0.5, 0.6) is 0 Å². The molecule has 1 atom stereocenters. The molecule has 0 saturated carbocycles. The van der Waals surface area contributed by atoms with Crippen LogP contribution in [0, 0.1) is 0 Å². The highest BCUT2D eigenvalue weighted by Gasteiger charge is 2.27. The fourth-order valence-electron chi connectivity index (χ4n) is 3.04. The minimum absolute atomic E-state index is 0. The third-order valence-corrected chi connectivity index (χ3v) is 4.60. The number of halogens is 1. The van der Waals surface area contributed by atoms with Gasteiger partial charge in [0.25, 0.3) is 0 Å². The van der Waals surface area contributed by atoms with E-state index in [1.807, 2.05) is 0 Å². The highest BCUT2D eigenvalue weighted by Crippen LogP contribution is 2.25. The Hall–Kier alpha value is -1.43. The average Bonchev–Trinajstić information content (AvgIpc) is 3.04. The molecule has 0 radical (unpaired) electrons. The lowest BCUT2D eigenvalue weighted by Crippen LogP contribution is -2.45. The summed E-state index contributed by atoms with van der Waals surface area (Å²) >= 11 is 0. The van der Waals surface area contributed by atoms with Crippen LogP contribution in [0.2, 0.25) is 0 Å². The Morgan fingerprint density at radius 1 is 1.24 bits per heavy atom. The molecule has 25 heavy (non-hydrogen) atoms. The van der Waals surface area contributed by atoms with E-state index in [9.17, 15) is 0 Å². The van der Waals surface area contributed by atoms with E-state index in [0.29, 0.717) is 18.5 Å². The summed E-state index contributed by atoms with van der Waals surface area (Å²) in [5.41, 5.74) is 2.64. The van der Waals surface area contributed by atoms with Gasteiger partial charge in [0, 0.05) is 31.1 Å². The smallest absolute Gasteiger partial charge is 0.240 e. The van der Waals surface area contributed by atoms with E-state index >= 15 is 0 Å². The largest absolute Gasteiger partial charge is 0.338 e. The van der Waals surface area contributed by atoms with E-state index in [2.05, 4.69) is 72.3 Å². The number of benzene rings is 1. The molecule has 2 heterocycles. The van der Waals surface area contributed by atoms with Crippen LogP contribution in [-0.4, -0.2) is 34.7 Å². The van der Waals surface area contributed by atoms with Crippen LogP contribution in [0.3, 0.4) is 0 Å². The van der Waals surface area contributed by atoms with Gasteiger partial charge in [-0.2, -0.15) is 4.98 Å². The summed E-state index contributed by atoms with van der Waals surface area (Å²) in [6.07, 6.45) is 1.07. The molecule has 3 rings (SSSR count). The molecule has 1 aliphatic rings. The predicted octanol–water partition coefficient (Wildman–Crippen LogP) is 3.50. The van der Waals surface area contributed by atoms with Crippen LogP contribution in [0.1, 0.15) is 56.6 Å². The second kappa shape index (κ2) is 8.30. The Morgan fingerprint density at radius 2 is 1.96 bits per heavy atom. The molecular weight excluding hydrogens is 336 g/mol. The Balaban J connectivity index is 0.00000225. The first-order chi connectivity index (χ1) is 11.5. The lowest BCUT2D eigenvalue weighted by atomic mass is 9.96. The Kier molecular flexibility index (Phi) is 6.60. The summed E-state index contributed by atoms with van der Waals surface area (Å²) in [6.45, 7) is 12.1. The maximum absolute atomic E-state index is 5.49. The van der Waals surface area contributed by atoms with Crippen LogP contribution >= 0.6 is 12.4 Å². The average molecular weight is 365 g/mol. The molecule has 1 saturated heterocycles. The molecule has 1 aromatic heterocycles. The zero-order valence-corrected chi connectivity index (χ0v) is 16.4. The number of piperazine rings is 1. The first-order valence-electron chi connectivity index (χ1n) is 8.84. The van der Waals surface area contributed by atoms with Crippen LogP contribution in [0.25, 0.3) is 0 Å². The van der Waals surface area contributed by atoms with E-state index in [-0.39, 0.29) is 17.8 Å². The van der Waals surface area contributed by atoms with Crippen molar-refractivity contribution < 1.29 is 4.52 Å². The molecule has 1 N–H and O–H groups in total. The van der Waals surface area contributed by atoms with Gasteiger partial charge in [0.15, 0.2) is 5.82 Å². The standard InChI is InChI=1S/C19H28N4O.ClH/c1-5-14-6-8-15(9-7-14)16-12-20-10-11-23(16)13-17-21-18(22-24-17)19(2,3)4;/h6-9,16,20H,5,10-13H2,1-4H3;1H. The monoisotopic (exact) mass is 364 g/mol. The van der Waals surface area contributed by atoms with Gasteiger partial charge in [0.05, 0.1) is 6.54 Å². The van der Waals surface area contributed by atoms with Crippen LogP contribution in [0.15, 0.2) is 28.8 Å². The number of hydrogen-bond donors (Lipinski definition) is 1. The van der Waals surface area contributed by atoms with Crippen LogP contribution in [0.4, 0.5) is 0 Å². The lowest BCUT2D eigenvalue weighted by molar-refractivity contribution is 0.135. The molecule has 0 spiro atoms. The number of nitrogens with one attached hydrogen (secondary N) is 1. The Bertz CT molecular complexity index is 663. The van der Waals surface area contributed by atoms with Crippen molar-refractivity contribution >= 4 is 12.4 Å². The maximum Gasteiger partial charge on any atom is 0.240 e. The van der Waals surface area contributed by atoms with Gasteiger partial charge in [-0.05, 0) is 17.5 Å². The second-order valence-electron chi connectivity index (χ2n) is 7.55. The summed E-state index contributed by atoms with van der Waals surface area (Å²) in [6, 6.07) is 9.30. The number of hydrogen-bond acceptors (Lipinski definition) is 5. The second-order valence-corrected chi connectivity index (χ2v) is 7.55. The van der Waals surface area contributed by atoms with Crippen LogP contribution < -0.4 is 5.32 Å². The van der Waals surface area contributed by atoms with Gasteiger partial charge in [-0.15, -0.1) is 12.4 Å². The van der Waals surface area contributed by atoms with Gasteiger partial charge in [-0.25, -0.2) is 0 Å². The number of aryl methyl sites for hydroxylation is 1. The number of rotatable bonds is 4. The number of nitrogens with zero attached hydrogens (tertiary/aromatic N) is 3. The normalized spacial score (nSPS) is 18.8. The molecule has 138 valence electrons. The van der Waals surface area contributed by atoms with Gasteiger partial charge in [-0.1, -0.05) is 57.1 Å². The quantitative estimate of drug-likeness (QED) is 0.899. The number of aromatic nitrogens is 2. The minimum atomic E-state index is -0.0827. The molecule has 0 bridgehead atoms. The van der Waals surface area contributed by atoms with Crippen molar-refractivity contribution in [3.8, 4) is 0 Å². The van der Waals surface area contributed by atoms with Gasteiger partial charge >= 0.3 is 0 Å². The summed E-state index contributed by atoms with van der Waals surface area (Å²) in [4.78, 5) is 7.02. The summed E-state index contributed by atoms with van der Waals surface area (Å²) in [7, 11) is 0. The Morgan fingerprint density at radius 3 is 2.56 bits per heavy atom. The van der Waals surface area contributed by atoms with Gasteiger partial charge < -0.3 is 9.84 Å². The third-order valence-electron chi connectivity index (χ3n) is 4.60. The van der Waals surface area contributed by atoms with Crippen molar-refractivity contribution in [2.45, 2.75) is 52.1 Å². The molecule has 1 unspecified atom stereocenters. The van der Waals surface area contributed by atoms with E-state index < -0.39 is 0 Å². The summed E-state index contributed by atoms with van der Waals surface area (Å²) in [5.74, 6) is 1.48. The molecule has 6 heteroatoms. The molecular formula is C19H29ClN4O. The van der Waals surface area contributed by atoms with Gasteiger partial charge in [0.2, 0.25) is 5.89 Å². The van der Waals surface area contributed by atoms with Gasteiger partial charge in [-0.3, -0.25) is 4.90 Å². The van der Waals surface area contributed by atoms with E-state index in [1.165, 1.54) is 11.1 Å². The first-order valence-corrected chi connectivity index (χ1v) is 8.84. The lowest BCUT2D eigenvalue weighted by Gasteiger charge is -2.35. The first kappa shape index (κ1) is 19.9. The van der Waals surface area contributed by atoms with Crippen molar-refractivity contribution in [2.75, 3.05) is 19.6 Å². The molecule has 1 fully saturated rings. The zero-order chi connectivity index (χ0) is 17.2. The van der Waals surface area contributed by atoms with Crippen molar-refractivity contribution in [3.05, 3.63) is 47.1 Å². The summed E-state index contributed by atoms with van der Waals surface area (Å²) in [5, 5.41) is 7.64. The highest BCUT2D eigenvalue weighted by molar-refractivity contribution is 5.85. The van der Waals surface area contributed by atoms with E-state index in [0.717, 1.165) is 31.9 Å². The van der Waals surface area contributed by atoms with Crippen molar-refractivity contribution in [1.82, 2.24) is 20.4 Å². The van der Waals surface area contributed by atoms with E-state index in [4.69, 9.17) is 4.52 Å². The minimum Gasteiger partial charge on any atom is -0.338 e. The van der Waals surface area contributed by atoms with Gasteiger partial charge in [0.1, 0.15) is 0 Å². The third kappa shape index (κ3) is 4.81. The predicted molar refractivity (Wildman–Crippen MR) is 102 cm³/mol. The van der Waals surface area contributed by atoms with E-state index in [1.54, 1.807) is 0 Å². The molecule has 0 amide bonds. The Labute approximate surface area is 156 Å². The summed E-state index contributed by atoms with van der Waals surface area (Å²) < 4.78 is 5.49. The molecule has 2 aromatic rings. The van der Waals surface area contributed by atoms with Crippen molar-refractivity contribution in [2.24, 2.45) is 0 Å². The molecule has 5 nitrogen and oxygen atoms in total. The molecule has 1 aromatic carbocycles. The van der Waals surface area contributed by atoms with Crippen molar-refractivity contribution in [1.29, 1.82) is 0 Å². The van der Waals surface area contributed by atoms with Crippen molar-refractivity contribution in [3.63, 3.8) is 0 Å². The SMILES string of the molecule is CCc1ccc(C2CNCCN2Cc2nc(C(C)(C)C)no2)cc1.Cl. The topological polar surface area (TPSA) is 54.2 Å². The maximum atomic E-state index is 5.49. The van der Waals surface area contributed by atoms with Crippen LogP contribution in [-0.2, 0) is 18.4 Å². The highest BCUT2D eigenvalue weighted by atomic mass is 35.5.